The zero-order valence-corrected chi connectivity index (χ0v) is 6.76. The molecular formula is C5H10O4S. The van der Waals surface area contributed by atoms with Crippen LogP contribution in [-0.2, 0) is 20.0 Å². The lowest BCUT2D eigenvalue weighted by atomic mass is 10.1. The largest absolute Gasteiger partial charge is 0.347 e. The van der Waals surface area contributed by atoms with Crippen molar-refractivity contribution < 1.29 is 17.4 Å². The van der Waals surface area contributed by atoms with Crippen LogP contribution in [0.3, 0.4) is 0 Å². The summed E-state index contributed by atoms with van der Waals surface area (Å²) in [4.78, 5) is 10.6. The lowest BCUT2D eigenvalue weighted by Crippen LogP contribution is -2.12. The zero-order chi connectivity index (χ0) is 8.15. The van der Waals surface area contributed by atoms with E-state index >= 15 is 0 Å². The highest BCUT2D eigenvalue weighted by molar-refractivity contribution is 7.67. The minimum absolute atomic E-state index is 0.340. The van der Waals surface area contributed by atoms with Gasteiger partial charge >= 0.3 is 17.0 Å². The second kappa shape index (κ2) is 4.27. The Kier molecular flexibility index (Phi) is 4.02. The van der Waals surface area contributed by atoms with Gasteiger partial charge in [-0.05, 0) is 6.42 Å². The molecule has 0 bridgehead atoms. The van der Waals surface area contributed by atoms with Crippen LogP contribution in [0.2, 0.25) is 0 Å². The van der Waals surface area contributed by atoms with E-state index in [1.165, 1.54) is 0 Å². The first-order valence-corrected chi connectivity index (χ1v) is 4.03. The summed E-state index contributed by atoms with van der Waals surface area (Å²) < 4.78 is 23.6. The lowest BCUT2D eigenvalue weighted by molar-refractivity contribution is -0.137. The van der Waals surface area contributed by atoms with Crippen molar-refractivity contribution in [3.8, 4) is 0 Å². The van der Waals surface area contributed by atoms with Crippen molar-refractivity contribution in [1.82, 2.24) is 0 Å². The van der Waals surface area contributed by atoms with Crippen LogP contribution in [0.5, 0.6) is 0 Å². The third-order valence-corrected chi connectivity index (χ3v) is 1.51. The van der Waals surface area contributed by atoms with Crippen molar-refractivity contribution >= 4 is 17.0 Å². The molecule has 0 rings (SSSR count). The minimum Gasteiger partial charge on any atom is -0.347 e. The van der Waals surface area contributed by atoms with E-state index in [0.29, 0.717) is 6.42 Å². The summed E-state index contributed by atoms with van der Waals surface area (Å²) in [5, 5.41) is 0. The van der Waals surface area contributed by atoms with Crippen molar-refractivity contribution in [3.63, 3.8) is 0 Å². The first-order valence-electron chi connectivity index (χ1n) is 2.94. The SMILES string of the molecule is CCC(C)C(=O)O[SH](=O)=O. The van der Waals surface area contributed by atoms with Gasteiger partial charge in [0.15, 0.2) is 0 Å². The summed E-state index contributed by atoms with van der Waals surface area (Å²) in [6, 6.07) is 0. The maximum atomic E-state index is 10.6. The molecule has 0 amide bonds. The van der Waals surface area contributed by atoms with Crippen molar-refractivity contribution in [1.29, 1.82) is 0 Å². The summed E-state index contributed by atoms with van der Waals surface area (Å²) in [7, 11) is -3.03. The second-order valence-corrected chi connectivity index (χ2v) is 2.57. The molecule has 0 saturated heterocycles. The number of thiol groups is 1. The van der Waals surface area contributed by atoms with E-state index in [2.05, 4.69) is 4.18 Å². The zero-order valence-electron chi connectivity index (χ0n) is 5.86. The van der Waals surface area contributed by atoms with Crippen molar-refractivity contribution in [2.45, 2.75) is 20.3 Å². The lowest BCUT2D eigenvalue weighted by Gasteiger charge is -2.01. The van der Waals surface area contributed by atoms with Crippen LogP contribution in [0.15, 0.2) is 0 Å². The molecule has 0 aromatic carbocycles. The Bertz CT molecular complexity index is 176. The molecule has 1 atom stereocenters. The van der Waals surface area contributed by atoms with Gasteiger partial charge in [-0.15, -0.1) is 0 Å². The van der Waals surface area contributed by atoms with E-state index in [9.17, 15) is 13.2 Å². The van der Waals surface area contributed by atoms with Crippen molar-refractivity contribution in [2.75, 3.05) is 0 Å². The summed E-state index contributed by atoms with van der Waals surface area (Å²) in [6.07, 6.45) is 0.585. The van der Waals surface area contributed by atoms with Gasteiger partial charge in [0.25, 0.3) is 0 Å². The highest BCUT2D eigenvalue weighted by Crippen LogP contribution is 2.02. The highest BCUT2D eigenvalue weighted by Gasteiger charge is 2.11. The fourth-order valence-corrected chi connectivity index (χ4v) is 0.657. The molecule has 0 aromatic heterocycles. The van der Waals surface area contributed by atoms with Crippen LogP contribution in [0.4, 0.5) is 0 Å². The van der Waals surface area contributed by atoms with Gasteiger partial charge in [-0.1, -0.05) is 13.8 Å². The Labute approximate surface area is 61.3 Å². The molecular weight excluding hydrogens is 156 g/mol. The topological polar surface area (TPSA) is 60.4 Å². The molecule has 0 aliphatic rings. The summed E-state index contributed by atoms with van der Waals surface area (Å²) in [6.45, 7) is 3.39. The van der Waals surface area contributed by atoms with Crippen LogP contribution in [-0.4, -0.2) is 14.4 Å². The molecule has 0 saturated carbocycles. The Balaban J connectivity index is 3.85. The quantitative estimate of drug-likeness (QED) is 0.604. The molecule has 0 N–H and O–H groups in total. The Hall–Kier alpha value is -0.580. The molecule has 4 nitrogen and oxygen atoms in total. The fraction of sp³-hybridized carbons (Fsp3) is 0.800. The molecule has 0 aromatic rings. The van der Waals surface area contributed by atoms with E-state index in [-0.39, 0.29) is 5.92 Å². The van der Waals surface area contributed by atoms with Gasteiger partial charge in [0.05, 0.1) is 5.92 Å². The number of carbonyl (C=O) groups excluding carboxylic acids is 1. The Morgan fingerprint density at radius 3 is 2.40 bits per heavy atom. The minimum atomic E-state index is -3.03. The summed E-state index contributed by atoms with van der Waals surface area (Å²) in [5.41, 5.74) is 0. The van der Waals surface area contributed by atoms with Gasteiger partial charge in [-0.25, -0.2) is 0 Å². The monoisotopic (exact) mass is 166 g/mol. The molecule has 0 fully saturated rings. The Morgan fingerprint density at radius 2 is 2.10 bits per heavy atom. The van der Waals surface area contributed by atoms with Crippen LogP contribution < -0.4 is 0 Å². The van der Waals surface area contributed by atoms with Crippen LogP contribution >= 0.6 is 0 Å². The van der Waals surface area contributed by atoms with E-state index in [0.717, 1.165) is 0 Å². The first kappa shape index (κ1) is 9.42. The maximum absolute atomic E-state index is 10.6. The van der Waals surface area contributed by atoms with Crippen LogP contribution in [0.25, 0.3) is 0 Å². The first-order chi connectivity index (χ1) is 4.57. The van der Waals surface area contributed by atoms with Gasteiger partial charge in [-0.2, -0.15) is 8.42 Å². The number of carbonyl (C=O) groups is 1. The Morgan fingerprint density at radius 1 is 1.60 bits per heavy atom. The van der Waals surface area contributed by atoms with Crippen LogP contribution in [0, 0.1) is 5.92 Å². The number of hydrogen-bond acceptors (Lipinski definition) is 4. The molecule has 0 aliphatic heterocycles. The van der Waals surface area contributed by atoms with Gasteiger partial charge in [-0.3, -0.25) is 4.79 Å². The molecule has 60 valence electrons. The van der Waals surface area contributed by atoms with Gasteiger partial charge in [0, 0.05) is 0 Å². The molecule has 0 spiro atoms. The maximum Gasteiger partial charge on any atom is 0.324 e. The van der Waals surface area contributed by atoms with Gasteiger partial charge in [0.2, 0.25) is 0 Å². The summed E-state index contributed by atoms with van der Waals surface area (Å²) >= 11 is 0. The van der Waals surface area contributed by atoms with E-state index < -0.39 is 17.0 Å². The molecule has 0 aliphatic carbocycles. The van der Waals surface area contributed by atoms with Crippen LogP contribution in [0.1, 0.15) is 20.3 Å². The molecule has 5 heteroatoms. The predicted octanol–water partition coefficient (Wildman–Crippen LogP) is 0.102. The number of rotatable bonds is 3. The predicted molar refractivity (Wildman–Crippen MR) is 35.9 cm³/mol. The smallest absolute Gasteiger partial charge is 0.324 e. The van der Waals surface area contributed by atoms with Crippen molar-refractivity contribution in [2.24, 2.45) is 5.92 Å². The van der Waals surface area contributed by atoms with Crippen molar-refractivity contribution in [3.05, 3.63) is 0 Å². The summed E-state index contributed by atoms with van der Waals surface area (Å²) in [5.74, 6) is -1.02. The third kappa shape index (κ3) is 3.45. The third-order valence-electron chi connectivity index (χ3n) is 1.18. The molecule has 0 heterocycles. The molecule has 0 radical (unpaired) electrons. The van der Waals surface area contributed by atoms with Gasteiger partial charge in [0.1, 0.15) is 0 Å². The number of hydrogen-bond donors (Lipinski definition) is 1. The normalized spacial score (nSPS) is 13.1. The highest BCUT2D eigenvalue weighted by atomic mass is 32.2. The standard InChI is InChI=1S/C5H10O4S/c1-3-4(2)5(6)9-10(7)8/h4,10H,3H2,1-2H3. The van der Waals surface area contributed by atoms with E-state index in [4.69, 9.17) is 0 Å². The average Bonchev–Trinajstić information content (AvgIpc) is 1.85. The van der Waals surface area contributed by atoms with Gasteiger partial charge < -0.3 is 4.18 Å². The molecule has 1 unspecified atom stereocenters. The van der Waals surface area contributed by atoms with E-state index in [1.54, 1.807) is 13.8 Å². The van der Waals surface area contributed by atoms with E-state index in [1.807, 2.05) is 0 Å². The fourth-order valence-electron chi connectivity index (χ4n) is 0.330. The average molecular weight is 166 g/mol. The molecule has 10 heavy (non-hydrogen) atoms. The second-order valence-electron chi connectivity index (χ2n) is 1.94.